The predicted octanol–water partition coefficient (Wildman–Crippen LogP) is 2.44. The van der Waals surface area contributed by atoms with Crippen molar-refractivity contribution in [2.45, 2.75) is 18.8 Å². The third kappa shape index (κ3) is 2.56. The van der Waals surface area contributed by atoms with Crippen LogP contribution in [0.2, 0.25) is 5.02 Å². The first-order chi connectivity index (χ1) is 9.25. The number of H-pyrrole nitrogens is 1. The molecule has 1 fully saturated rings. The summed E-state index contributed by atoms with van der Waals surface area (Å²) < 4.78 is 5.33. The van der Waals surface area contributed by atoms with Crippen LogP contribution < -0.4 is 5.56 Å². The van der Waals surface area contributed by atoms with Crippen LogP contribution in [-0.4, -0.2) is 28.2 Å². The van der Waals surface area contributed by atoms with Crippen LogP contribution in [0.25, 0.3) is 10.7 Å². The van der Waals surface area contributed by atoms with Crippen molar-refractivity contribution in [2.24, 2.45) is 0 Å². The molecule has 0 bridgehead atoms. The third-order valence-electron chi connectivity index (χ3n) is 3.16. The van der Waals surface area contributed by atoms with Gasteiger partial charge < -0.3 is 9.72 Å². The van der Waals surface area contributed by atoms with E-state index in [4.69, 9.17) is 16.3 Å². The molecular weight excluding hydrogens is 286 g/mol. The van der Waals surface area contributed by atoms with Gasteiger partial charge in [0, 0.05) is 25.3 Å². The number of ether oxygens (including phenoxy) is 1. The molecule has 0 atom stereocenters. The second-order valence-corrected chi connectivity index (χ2v) is 5.63. The Kier molecular flexibility index (Phi) is 3.63. The zero-order valence-corrected chi connectivity index (χ0v) is 11.6. The highest BCUT2D eigenvalue weighted by Crippen LogP contribution is 2.30. The van der Waals surface area contributed by atoms with E-state index in [-0.39, 0.29) is 16.5 Å². The molecule has 1 aliphatic heterocycles. The van der Waals surface area contributed by atoms with Crippen molar-refractivity contribution in [3.05, 3.63) is 32.8 Å². The van der Waals surface area contributed by atoms with Crippen LogP contribution in [0.1, 0.15) is 24.5 Å². The molecule has 100 valence electrons. The summed E-state index contributed by atoms with van der Waals surface area (Å²) in [5.74, 6) is 0.730. The average Bonchev–Trinajstić information content (AvgIpc) is 2.97. The SMILES string of the molecule is O=c1[nH]c(-c2cncs2)nc(C2CCOCC2)c1Cl. The molecule has 0 unspecified atom stereocenters. The van der Waals surface area contributed by atoms with Crippen molar-refractivity contribution < 1.29 is 4.74 Å². The van der Waals surface area contributed by atoms with Crippen molar-refractivity contribution >= 4 is 22.9 Å². The molecule has 2 aromatic heterocycles. The third-order valence-corrected chi connectivity index (χ3v) is 4.31. The van der Waals surface area contributed by atoms with Crippen LogP contribution in [0.3, 0.4) is 0 Å². The smallest absolute Gasteiger partial charge is 0.270 e. The van der Waals surface area contributed by atoms with Gasteiger partial charge in [0.1, 0.15) is 5.02 Å². The molecule has 3 heterocycles. The normalized spacial score (nSPS) is 16.7. The molecule has 0 aromatic carbocycles. The quantitative estimate of drug-likeness (QED) is 0.924. The van der Waals surface area contributed by atoms with Gasteiger partial charge in [-0.2, -0.15) is 0 Å². The molecule has 0 spiro atoms. The lowest BCUT2D eigenvalue weighted by Crippen LogP contribution is -2.20. The lowest BCUT2D eigenvalue weighted by atomic mass is 9.96. The summed E-state index contributed by atoms with van der Waals surface area (Å²) in [5, 5.41) is 0.195. The number of thiazole rings is 1. The van der Waals surface area contributed by atoms with Crippen molar-refractivity contribution in [3.63, 3.8) is 0 Å². The summed E-state index contributed by atoms with van der Waals surface area (Å²) in [6, 6.07) is 0. The molecule has 2 aromatic rings. The number of hydrogen-bond donors (Lipinski definition) is 1. The van der Waals surface area contributed by atoms with Crippen molar-refractivity contribution in [1.29, 1.82) is 0 Å². The maximum absolute atomic E-state index is 11.9. The van der Waals surface area contributed by atoms with Gasteiger partial charge in [-0.25, -0.2) is 4.98 Å². The van der Waals surface area contributed by atoms with E-state index in [1.165, 1.54) is 11.3 Å². The van der Waals surface area contributed by atoms with E-state index in [0.717, 1.165) is 17.7 Å². The molecule has 5 nitrogen and oxygen atoms in total. The molecule has 0 saturated carbocycles. The monoisotopic (exact) mass is 297 g/mol. The Morgan fingerprint density at radius 3 is 2.89 bits per heavy atom. The molecule has 0 radical (unpaired) electrons. The number of aromatic amines is 1. The van der Waals surface area contributed by atoms with Gasteiger partial charge in [-0.15, -0.1) is 11.3 Å². The van der Waals surface area contributed by atoms with Crippen LogP contribution >= 0.6 is 22.9 Å². The summed E-state index contributed by atoms with van der Waals surface area (Å²) in [4.78, 5) is 24.0. The summed E-state index contributed by atoms with van der Waals surface area (Å²) >= 11 is 7.54. The summed E-state index contributed by atoms with van der Waals surface area (Å²) in [6.07, 6.45) is 3.38. The van der Waals surface area contributed by atoms with Crippen molar-refractivity contribution in [2.75, 3.05) is 13.2 Å². The molecule has 1 aliphatic rings. The van der Waals surface area contributed by atoms with E-state index in [2.05, 4.69) is 15.0 Å². The van der Waals surface area contributed by atoms with E-state index < -0.39 is 0 Å². The highest BCUT2D eigenvalue weighted by atomic mass is 35.5. The predicted molar refractivity (Wildman–Crippen MR) is 73.8 cm³/mol. The van der Waals surface area contributed by atoms with Gasteiger partial charge in [0.15, 0.2) is 5.82 Å². The Bertz CT molecular complexity index is 620. The van der Waals surface area contributed by atoms with Gasteiger partial charge in [0.05, 0.1) is 16.1 Å². The van der Waals surface area contributed by atoms with Crippen molar-refractivity contribution in [3.8, 4) is 10.7 Å². The summed E-state index contributed by atoms with van der Waals surface area (Å²) in [7, 11) is 0. The molecule has 1 N–H and O–H groups in total. The van der Waals surface area contributed by atoms with Gasteiger partial charge >= 0.3 is 0 Å². The first-order valence-corrected chi connectivity index (χ1v) is 7.28. The van der Waals surface area contributed by atoms with Gasteiger partial charge in [0.25, 0.3) is 5.56 Å². The van der Waals surface area contributed by atoms with Crippen LogP contribution in [0.15, 0.2) is 16.5 Å². The fraction of sp³-hybridized carbons (Fsp3) is 0.417. The molecule has 7 heteroatoms. The van der Waals surface area contributed by atoms with E-state index >= 15 is 0 Å². The minimum absolute atomic E-state index is 0.190. The number of aromatic nitrogens is 3. The number of nitrogens with zero attached hydrogens (tertiary/aromatic N) is 2. The largest absolute Gasteiger partial charge is 0.381 e. The molecular formula is C12H12ClN3O2S. The molecule has 0 aliphatic carbocycles. The number of hydrogen-bond acceptors (Lipinski definition) is 5. The van der Waals surface area contributed by atoms with Gasteiger partial charge in [0.2, 0.25) is 0 Å². The molecule has 0 amide bonds. The second-order valence-electron chi connectivity index (χ2n) is 4.37. The first kappa shape index (κ1) is 12.8. The summed E-state index contributed by atoms with van der Waals surface area (Å²) in [5.41, 5.74) is 2.09. The first-order valence-electron chi connectivity index (χ1n) is 6.02. The van der Waals surface area contributed by atoms with Crippen LogP contribution in [0, 0.1) is 0 Å². The van der Waals surface area contributed by atoms with Gasteiger partial charge in [-0.3, -0.25) is 9.78 Å². The Labute approximate surface area is 118 Å². The van der Waals surface area contributed by atoms with E-state index in [1.807, 2.05) is 0 Å². The number of halogens is 1. The fourth-order valence-electron chi connectivity index (χ4n) is 2.17. The lowest BCUT2D eigenvalue weighted by Gasteiger charge is -2.22. The van der Waals surface area contributed by atoms with E-state index in [0.29, 0.717) is 24.7 Å². The van der Waals surface area contributed by atoms with Crippen LogP contribution in [0.4, 0.5) is 0 Å². The Morgan fingerprint density at radius 2 is 2.21 bits per heavy atom. The maximum Gasteiger partial charge on any atom is 0.270 e. The highest BCUT2D eigenvalue weighted by molar-refractivity contribution is 7.13. The maximum atomic E-state index is 11.9. The highest BCUT2D eigenvalue weighted by Gasteiger charge is 2.22. The fourth-order valence-corrected chi connectivity index (χ4v) is 2.98. The zero-order chi connectivity index (χ0) is 13.2. The topological polar surface area (TPSA) is 67.9 Å². The minimum atomic E-state index is -0.290. The van der Waals surface area contributed by atoms with Crippen LogP contribution in [0.5, 0.6) is 0 Å². The average molecular weight is 298 g/mol. The molecule has 19 heavy (non-hydrogen) atoms. The number of rotatable bonds is 2. The Morgan fingerprint density at radius 1 is 1.42 bits per heavy atom. The number of nitrogens with one attached hydrogen (secondary N) is 1. The van der Waals surface area contributed by atoms with Gasteiger partial charge in [-0.05, 0) is 12.8 Å². The summed E-state index contributed by atoms with van der Waals surface area (Å²) in [6.45, 7) is 1.37. The Hall–Kier alpha value is -1.24. The Balaban J connectivity index is 2.05. The zero-order valence-electron chi connectivity index (χ0n) is 10.1. The van der Waals surface area contributed by atoms with Crippen LogP contribution in [-0.2, 0) is 4.74 Å². The second kappa shape index (κ2) is 5.40. The molecule has 3 rings (SSSR count). The van der Waals surface area contributed by atoms with Gasteiger partial charge in [-0.1, -0.05) is 11.6 Å². The van der Waals surface area contributed by atoms with E-state index in [9.17, 15) is 4.79 Å². The van der Waals surface area contributed by atoms with Crippen molar-refractivity contribution in [1.82, 2.24) is 15.0 Å². The molecule has 1 saturated heterocycles. The standard InChI is InChI=1S/C12H12ClN3O2S/c13-9-10(7-1-3-18-4-2-7)15-11(16-12(9)17)8-5-14-6-19-8/h5-7H,1-4H2,(H,15,16,17). The van der Waals surface area contributed by atoms with E-state index in [1.54, 1.807) is 11.7 Å². The lowest BCUT2D eigenvalue weighted by molar-refractivity contribution is 0.0845. The minimum Gasteiger partial charge on any atom is -0.381 e.